The number of halogens is 1. The van der Waals surface area contributed by atoms with Crippen LogP contribution < -0.4 is 10.1 Å². The number of hydrogen-bond acceptors (Lipinski definition) is 5. The van der Waals surface area contributed by atoms with Crippen molar-refractivity contribution in [3.63, 3.8) is 0 Å². The van der Waals surface area contributed by atoms with Gasteiger partial charge in [0.25, 0.3) is 0 Å². The summed E-state index contributed by atoms with van der Waals surface area (Å²) in [7, 11) is 0. The molecule has 0 unspecified atom stereocenters. The van der Waals surface area contributed by atoms with Crippen LogP contribution in [0.15, 0.2) is 58.4 Å². The number of amides is 1. The van der Waals surface area contributed by atoms with Gasteiger partial charge in [0.2, 0.25) is 11.8 Å². The van der Waals surface area contributed by atoms with Crippen LogP contribution in [0.4, 0.5) is 0 Å². The Morgan fingerprint density at radius 1 is 1.12 bits per heavy atom. The molecular formula is C18H16BrN3O2S. The first-order valence-electron chi connectivity index (χ1n) is 7.72. The number of carbonyl (C=O) groups excluding carboxylic acids is 1. The highest BCUT2D eigenvalue weighted by atomic mass is 79.9. The monoisotopic (exact) mass is 417 g/mol. The van der Waals surface area contributed by atoms with Crippen LogP contribution in [0, 0.1) is 0 Å². The van der Waals surface area contributed by atoms with Gasteiger partial charge in [-0.1, -0.05) is 34.1 Å². The van der Waals surface area contributed by atoms with Crippen molar-refractivity contribution >= 4 is 33.2 Å². The number of carbonyl (C=O) groups is 1. The van der Waals surface area contributed by atoms with E-state index < -0.39 is 0 Å². The molecule has 0 atom stereocenters. The van der Waals surface area contributed by atoms with Gasteiger partial charge in [-0.2, -0.15) is 0 Å². The van der Waals surface area contributed by atoms with E-state index in [0.717, 1.165) is 20.6 Å². The molecule has 128 valence electrons. The number of rotatable bonds is 7. The van der Waals surface area contributed by atoms with Gasteiger partial charge in [0.15, 0.2) is 0 Å². The van der Waals surface area contributed by atoms with Gasteiger partial charge < -0.3 is 10.1 Å². The highest BCUT2D eigenvalue weighted by Gasteiger charge is 2.05. The van der Waals surface area contributed by atoms with Crippen molar-refractivity contribution in [1.82, 2.24) is 15.5 Å². The maximum absolute atomic E-state index is 11.9. The second-order valence-corrected chi connectivity index (χ2v) is 7.10. The molecule has 1 aromatic carbocycles. The smallest absolute Gasteiger partial charge is 0.233 e. The molecule has 0 fully saturated rings. The number of nitrogens with zero attached hydrogens (tertiary/aromatic N) is 2. The Balaban J connectivity index is 1.39. The molecule has 0 aliphatic carbocycles. The van der Waals surface area contributed by atoms with E-state index in [1.54, 1.807) is 17.4 Å². The molecule has 5 nitrogen and oxygen atoms in total. The van der Waals surface area contributed by atoms with Crippen LogP contribution in [0.1, 0.15) is 5.56 Å². The van der Waals surface area contributed by atoms with Crippen molar-refractivity contribution in [2.45, 2.75) is 6.42 Å². The standard InChI is InChI=1S/C18H16BrN3O2S/c19-14-5-3-13(4-6-14)12-17(23)20-9-10-24-18-8-7-15(21-22-18)16-2-1-11-25-16/h1-8,11H,9-10,12H2,(H,20,23). The lowest BCUT2D eigenvalue weighted by molar-refractivity contribution is -0.120. The van der Waals surface area contributed by atoms with E-state index in [9.17, 15) is 4.79 Å². The van der Waals surface area contributed by atoms with Gasteiger partial charge in [0.05, 0.1) is 17.8 Å². The van der Waals surface area contributed by atoms with Gasteiger partial charge in [-0.15, -0.1) is 21.5 Å². The first kappa shape index (κ1) is 17.6. The molecule has 0 aliphatic heterocycles. The first-order chi connectivity index (χ1) is 12.2. The average Bonchev–Trinajstić information content (AvgIpc) is 3.16. The summed E-state index contributed by atoms with van der Waals surface area (Å²) in [4.78, 5) is 12.9. The third-order valence-corrected chi connectivity index (χ3v) is 4.79. The van der Waals surface area contributed by atoms with Crippen molar-refractivity contribution in [3.05, 3.63) is 63.9 Å². The molecule has 7 heteroatoms. The van der Waals surface area contributed by atoms with Crippen molar-refractivity contribution in [3.8, 4) is 16.5 Å². The van der Waals surface area contributed by atoms with Crippen molar-refractivity contribution in [1.29, 1.82) is 0 Å². The molecule has 0 bridgehead atoms. The van der Waals surface area contributed by atoms with E-state index in [0.29, 0.717) is 25.5 Å². The highest BCUT2D eigenvalue weighted by molar-refractivity contribution is 9.10. The van der Waals surface area contributed by atoms with Crippen LogP contribution in [0.25, 0.3) is 10.6 Å². The molecule has 1 amide bonds. The van der Waals surface area contributed by atoms with Crippen LogP contribution >= 0.6 is 27.3 Å². The van der Waals surface area contributed by atoms with Crippen LogP contribution in [0.2, 0.25) is 0 Å². The highest BCUT2D eigenvalue weighted by Crippen LogP contribution is 2.22. The van der Waals surface area contributed by atoms with Crippen molar-refractivity contribution < 1.29 is 9.53 Å². The molecular weight excluding hydrogens is 402 g/mol. The summed E-state index contributed by atoms with van der Waals surface area (Å²) in [6.07, 6.45) is 0.350. The summed E-state index contributed by atoms with van der Waals surface area (Å²) in [5.41, 5.74) is 1.79. The number of thiophene rings is 1. The summed E-state index contributed by atoms with van der Waals surface area (Å²) < 4.78 is 6.50. The van der Waals surface area contributed by atoms with E-state index in [2.05, 4.69) is 31.4 Å². The Morgan fingerprint density at radius 3 is 2.64 bits per heavy atom. The van der Waals surface area contributed by atoms with Crippen LogP contribution in [0.5, 0.6) is 5.88 Å². The van der Waals surface area contributed by atoms with Crippen molar-refractivity contribution in [2.24, 2.45) is 0 Å². The second kappa shape index (κ2) is 8.73. The molecule has 3 rings (SSSR count). The Kier molecular flexibility index (Phi) is 6.14. The maximum Gasteiger partial charge on any atom is 0.233 e. The third kappa shape index (κ3) is 5.37. The lowest BCUT2D eigenvalue weighted by Gasteiger charge is -2.07. The van der Waals surface area contributed by atoms with E-state index in [1.165, 1.54) is 0 Å². The molecule has 0 spiro atoms. The molecule has 25 heavy (non-hydrogen) atoms. The molecule has 0 saturated heterocycles. The lowest BCUT2D eigenvalue weighted by atomic mass is 10.1. The quantitative estimate of drug-likeness (QED) is 0.595. The fourth-order valence-electron chi connectivity index (χ4n) is 2.15. The van der Waals surface area contributed by atoms with Crippen molar-refractivity contribution in [2.75, 3.05) is 13.2 Å². The minimum absolute atomic E-state index is 0.0370. The van der Waals surface area contributed by atoms with Crippen LogP contribution in [-0.4, -0.2) is 29.3 Å². The maximum atomic E-state index is 11.9. The zero-order valence-electron chi connectivity index (χ0n) is 13.3. The van der Waals surface area contributed by atoms with Crippen LogP contribution in [-0.2, 0) is 11.2 Å². The summed E-state index contributed by atoms with van der Waals surface area (Å²) in [6.45, 7) is 0.767. The third-order valence-electron chi connectivity index (χ3n) is 3.37. The summed E-state index contributed by atoms with van der Waals surface area (Å²) in [5.74, 6) is 0.410. The molecule has 0 radical (unpaired) electrons. The predicted molar refractivity (Wildman–Crippen MR) is 102 cm³/mol. The molecule has 0 saturated carbocycles. The van der Waals surface area contributed by atoms with Gasteiger partial charge in [0.1, 0.15) is 12.3 Å². The number of hydrogen-bond donors (Lipinski definition) is 1. The summed E-state index contributed by atoms with van der Waals surface area (Å²) in [5, 5.41) is 13.0. The normalized spacial score (nSPS) is 10.4. The van der Waals surface area contributed by atoms with E-state index in [1.807, 2.05) is 47.8 Å². The molecule has 2 heterocycles. The summed E-state index contributed by atoms with van der Waals surface area (Å²) in [6, 6.07) is 15.3. The average molecular weight is 418 g/mol. The first-order valence-corrected chi connectivity index (χ1v) is 9.39. The molecule has 0 aliphatic rings. The minimum atomic E-state index is -0.0370. The zero-order chi connectivity index (χ0) is 17.5. The topological polar surface area (TPSA) is 64.1 Å². The Bertz CT molecular complexity index is 805. The van der Waals surface area contributed by atoms with Gasteiger partial charge >= 0.3 is 0 Å². The predicted octanol–water partition coefficient (Wildman–Crippen LogP) is 3.71. The zero-order valence-corrected chi connectivity index (χ0v) is 15.7. The fraction of sp³-hybridized carbons (Fsp3) is 0.167. The van der Waals surface area contributed by atoms with Gasteiger partial charge in [-0.05, 0) is 35.2 Å². The van der Waals surface area contributed by atoms with E-state index in [-0.39, 0.29) is 5.91 Å². The lowest BCUT2D eigenvalue weighted by Crippen LogP contribution is -2.29. The largest absolute Gasteiger partial charge is 0.475 e. The van der Waals surface area contributed by atoms with Gasteiger partial charge in [-0.25, -0.2) is 0 Å². The van der Waals surface area contributed by atoms with E-state index >= 15 is 0 Å². The number of ether oxygens (including phenoxy) is 1. The SMILES string of the molecule is O=C(Cc1ccc(Br)cc1)NCCOc1ccc(-c2cccs2)nn1. The minimum Gasteiger partial charge on any atom is -0.475 e. The summed E-state index contributed by atoms with van der Waals surface area (Å²) >= 11 is 4.99. The number of benzene rings is 1. The molecule has 2 aromatic heterocycles. The number of aromatic nitrogens is 2. The van der Waals surface area contributed by atoms with Crippen LogP contribution in [0.3, 0.4) is 0 Å². The van der Waals surface area contributed by atoms with E-state index in [4.69, 9.17) is 4.74 Å². The second-order valence-electron chi connectivity index (χ2n) is 5.24. The van der Waals surface area contributed by atoms with Gasteiger partial charge in [0, 0.05) is 10.5 Å². The molecule has 1 N–H and O–H groups in total. The molecule has 3 aromatic rings. The Labute approximate surface area is 158 Å². The fourth-order valence-corrected chi connectivity index (χ4v) is 3.10. The Morgan fingerprint density at radius 2 is 1.96 bits per heavy atom. The Hall–Kier alpha value is -2.25. The number of nitrogens with one attached hydrogen (secondary N) is 1. The van der Waals surface area contributed by atoms with Gasteiger partial charge in [-0.3, -0.25) is 4.79 Å².